The molecule has 0 rings (SSSR count). The molecule has 0 amide bonds. The van der Waals surface area contributed by atoms with Crippen LogP contribution in [0.1, 0.15) is 27.2 Å². The Balaban J connectivity index is 3.20. The molecule has 0 saturated carbocycles. The highest BCUT2D eigenvalue weighted by molar-refractivity contribution is 4.83. The van der Waals surface area contributed by atoms with Crippen LogP contribution in [0.15, 0.2) is 0 Å². The molecule has 1 nitrogen and oxygen atoms in total. The van der Waals surface area contributed by atoms with Crippen molar-refractivity contribution in [1.29, 1.82) is 0 Å². The minimum absolute atomic E-state index is 0.0448. The Labute approximate surface area is 57.4 Å². The lowest BCUT2D eigenvalue weighted by molar-refractivity contribution is 0.000612. The summed E-state index contributed by atoms with van der Waals surface area (Å²) < 4.78 is 5.33. The number of ether oxygens (including phenoxy) is 1. The highest BCUT2D eigenvalue weighted by Crippen LogP contribution is 2.05. The summed E-state index contributed by atoms with van der Waals surface area (Å²) in [6.07, 6.45) is 5.73. The molecule has 0 heterocycles. The van der Waals surface area contributed by atoms with Crippen LogP contribution in [0.2, 0.25) is 0 Å². The Morgan fingerprint density at radius 2 is 2.00 bits per heavy atom. The number of rotatable bonds is 2. The van der Waals surface area contributed by atoms with Crippen LogP contribution < -0.4 is 0 Å². The van der Waals surface area contributed by atoms with Crippen LogP contribution in [0.3, 0.4) is 0 Å². The van der Waals surface area contributed by atoms with Crippen LogP contribution in [0.4, 0.5) is 0 Å². The second-order valence-corrected chi connectivity index (χ2v) is 2.91. The first-order valence-electron chi connectivity index (χ1n) is 3.14. The molecule has 0 bridgehead atoms. The van der Waals surface area contributed by atoms with Crippen molar-refractivity contribution >= 4 is 0 Å². The van der Waals surface area contributed by atoms with Gasteiger partial charge >= 0.3 is 0 Å². The van der Waals surface area contributed by atoms with Gasteiger partial charge in [-0.3, -0.25) is 0 Å². The minimum atomic E-state index is -0.0448. The minimum Gasteiger partial charge on any atom is -0.375 e. The zero-order valence-corrected chi connectivity index (χ0v) is 6.40. The Morgan fingerprint density at radius 1 is 1.44 bits per heavy atom. The molecule has 0 aliphatic rings. The number of hydrogen-bond donors (Lipinski definition) is 0. The molecule has 0 saturated heterocycles. The quantitative estimate of drug-likeness (QED) is 0.405. The van der Waals surface area contributed by atoms with Gasteiger partial charge in [-0.15, -0.1) is 12.3 Å². The van der Waals surface area contributed by atoms with Gasteiger partial charge in [0, 0.05) is 6.42 Å². The average molecular weight is 126 g/mol. The van der Waals surface area contributed by atoms with E-state index in [4.69, 9.17) is 11.2 Å². The van der Waals surface area contributed by atoms with E-state index < -0.39 is 0 Å². The third-order valence-electron chi connectivity index (χ3n) is 0.781. The summed E-state index contributed by atoms with van der Waals surface area (Å²) in [6.45, 7) is 6.72. The second-order valence-electron chi connectivity index (χ2n) is 2.91. The summed E-state index contributed by atoms with van der Waals surface area (Å²) in [7, 11) is 0. The molecule has 0 aromatic heterocycles. The fourth-order valence-electron chi connectivity index (χ4n) is 0.416. The second kappa shape index (κ2) is 3.53. The molecule has 0 aromatic carbocycles. The van der Waals surface area contributed by atoms with Crippen molar-refractivity contribution in [1.82, 2.24) is 0 Å². The molecule has 52 valence electrons. The van der Waals surface area contributed by atoms with Crippen LogP contribution in [0, 0.1) is 12.3 Å². The van der Waals surface area contributed by atoms with Crippen LogP contribution in [0.5, 0.6) is 0 Å². The molecule has 0 radical (unpaired) electrons. The maximum absolute atomic E-state index is 5.33. The lowest BCUT2D eigenvalue weighted by atomic mass is 10.2. The van der Waals surface area contributed by atoms with Crippen molar-refractivity contribution in [3.8, 4) is 12.3 Å². The smallest absolute Gasteiger partial charge is 0.0598 e. The zero-order valence-electron chi connectivity index (χ0n) is 6.40. The topological polar surface area (TPSA) is 9.23 Å². The molecular formula is C8H14O. The summed E-state index contributed by atoms with van der Waals surface area (Å²) in [6, 6.07) is 0. The molecule has 0 N–H and O–H groups in total. The Kier molecular flexibility index (Phi) is 3.34. The Morgan fingerprint density at radius 3 is 2.33 bits per heavy atom. The highest BCUT2D eigenvalue weighted by Gasteiger charge is 2.07. The van der Waals surface area contributed by atoms with Gasteiger partial charge in [0.05, 0.1) is 12.2 Å². The molecule has 0 fully saturated rings. The van der Waals surface area contributed by atoms with Gasteiger partial charge in [-0.05, 0) is 20.8 Å². The summed E-state index contributed by atoms with van der Waals surface area (Å²) in [5.41, 5.74) is -0.0448. The van der Waals surface area contributed by atoms with Crippen LogP contribution in [-0.2, 0) is 4.74 Å². The van der Waals surface area contributed by atoms with Gasteiger partial charge in [-0.2, -0.15) is 0 Å². The van der Waals surface area contributed by atoms with E-state index in [9.17, 15) is 0 Å². The third-order valence-corrected chi connectivity index (χ3v) is 0.781. The summed E-state index contributed by atoms with van der Waals surface area (Å²) >= 11 is 0. The van der Waals surface area contributed by atoms with E-state index in [1.807, 2.05) is 20.8 Å². The molecule has 0 atom stereocenters. The van der Waals surface area contributed by atoms with Gasteiger partial charge in [0.25, 0.3) is 0 Å². The first-order chi connectivity index (χ1) is 4.06. The van der Waals surface area contributed by atoms with Gasteiger partial charge in [0.1, 0.15) is 0 Å². The van der Waals surface area contributed by atoms with Crippen molar-refractivity contribution in [2.24, 2.45) is 0 Å². The SMILES string of the molecule is C#CCCOC(C)(C)C. The highest BCUT2D eigenvalue weighted by atomic mass is 16.5. The first kappa shape index (κ1) is 8.52. The lowest BCUT2D eigenvalue weighted by Crippen LogP contribution is -2.19. The van der Waals surface area contributed by atoms with E-state index in [0.717, 1.165) is 0 Å². The van der Waals surface area contributed by atoms with E-state index in [1.54, 1.807) is 0 Å². The van der Waals surface area contributed by atoms with Crippen LogP contribution in [-0.4, -0.2) is 12.2 Å². The van der Waals surface area contributed by atoms with E-state index in [0.29, 0.717) is 13.0 Å². The van der Waals surface area contributed by atoms with Crippen LogP contribution in [0.25, 0.3) is 0 Å². The van der Waals surface area contributed by atoms with E-state index in [1.165, 1.54) is 0 Å². The molecule has 0 unspecified atom stereocenters. The van der Waals surface area contributed by atoms with E-state index >= 15 is 0 Å². The predicted molar refractivity (Wildman–Crippen MR) is 39.2 cm³/mol. The largest absolute Gasteiger partial charge is 0.375 e. The standard InChI is InChI=1S/C8H14O/c1-5-6-7-9-8(2,3)4/h1H,6-7H2,2-4H3. The predicted octanol–water partition coefficient (Wildman–Crippen LogP) is 1.82. The molecule has 0 aromatic rings. The molecular weight excluding hydrogens is 112 g/mol. The molecule has 0 aliphatic heterocycles. The summed E-state index contributed by atoms with van der Waals surface area (Å²) in [5.74, 6) is 2.52. The van der Waals surface area contributed by atoms with Gasteiger partial charge in [-0.1, -0.05) is 0 Å². The number of terminal acetylenes is 1. The van der Waals surface area contributed by atoms with Gasteiger partial charge < -0.3 is 4.74 Å². The Bertz CT molecular complexity index is 103. The lowest BCUT2D eigenvalue weighted by Gasteiger charge is -2.18. The average Bonchev–Trinajstić information content (AvgIpc) is 1.63. The molecule has 0 aliphatic carbocycles. The monoisotopic (exact) mass is 126 g/mol. The molecule has 0 spiro atoms. The van der Waals surface area contributed by atoms with Crippen molar-refractivity contribution in [2.45, 2.75) is 32.8 Å². The van der Waals surface area contributed by atoms with Gasteiger partial charge in [0.2, 0.25) is 0 Å². The number of hydrogen-bond acceptors (Lipinski definition) is 1. The van der Waals surface area contributed by atoms with Crippen molar-refractivity contribution in [3.05, 3.63) is 0 Å². The van der Waals surface area contributed by atoms with Crippen molar-refractivity contribution in [3.63, 3.8) is 0 Å². The Hall–Kier alpha value is -0.480. The molecule has 1 heteroatoms. The fourth-order valence-corrected chi connectivity index (χ4v) is 0.416. The summed E-state index contributed by atoms with van der Waals surface area (Å²) in [5, 5.41) is 0. The fraction of sp³-hybridized carbons (Fsp3) is 0.750. The first-order valence-corrected chi connectivity index (χ1v) is 3.14. The molecule has 9 heavy (non-hydrogen) atoms. The van der Waals surface area contributed by atoms with Gasteiger partial charge in [0.15, 0.2) is 0 Å². The maximum atomic E-state index is 5.33. The summed E-state index contributed by atoms with van der Waals surface area (Å²) in [4.78, 5) is 0. The van der Waals surface area contributed by atoms with E-state index in [2.05, 4.69) is 5.92 Å². The van der Waals surface area contributed by atoms with Crippen LogP contribution >= 0.6 is 0 Å². The van der Waals surface area contributed by atoms with E-state index in [-0.39, 0.29) is 5.60 Å². The van der Waals surface area contributed by atoms with Crippen molar-refractivity contribution in [2.75, 3.05) is 6.61 Å². The third kappa shape index (κ3) is 7.52. The van der Waals surface area contributed by atoms with Crippen molar-refractivity contribution < 1.29 is 4.74 Å². The zero-order chi connectivity index (χ0) is 7.33. The maximum Gasteiger partial charge on any atom is 0.0598 e. The normalized spacial score (nSPS) is 10.9. The van der Waals surface area contributed by atoms with Gasteiger partial charge in [-0.25, -0.2) is 0 Å².